The van der Waals surface area contributed by atoms with Gasteiger partial charge in [0, 0.05) is 24.7 Å². The van der Waals surface area contributed by atoms with E-state index in [1.807, 2.05) is 13.8 Å². The van der Waals surface area contributed by atoms with E-state index in [1.54, 1.807) is 0 Å². The SMILES string of the molecule is Cc1noc(C)c1CCCNC(=O)N1C[C@H](C)[C@H]2CCCC[C@@H]21. The van der Waals surface area contributed by atoms with E-state index >= 15 is 0 Å². The fraction of sp³-hybridized carbons (Fsp3) is 0.778. The Morgan fingerprint density at radius 3 is 2.87 bits per heavy atom. The van der Waals surface area contributed by atoms with Crippen LogP contribution >= 0.6 is 0 Å². The molecule has 2 amide bonds. The number of aromatic nitrogens is 1. The van der Waals surface area contributed by atoms with E-state index < -0.39 is 0 Å². The summed E-state index contributed by atoms with van der Waals surface area (Å²) in [7, 11) is 0. The van der Waals surface area contributed by atoms with Gasteiger partial charge in [-0.25, -0.2) is 4.79 Å². The fourth-order valence-electron chi connectivity index (χ4n) is 4.43. The van der Waals surface area contributed by atoms with Gasteiger partial charge in [0.25, 0.3) is 0 Å². The summed E-state index contributed by atoms with van der Waals surface area (Å²) >= 11 is 0. The molecule has 1 saturated carbocycles. The van der Waals surface area contributed by atoms with Crippen molar-refractivity contribution in [2.45, 2.75) is 65.3 Å². The summed E-state index contributed by atoms with van der Waals surface area (Å²) in [6.45, 7) is 7.85. The Kier molecular flexibility index (Phi) is 4.93. The van der Waals surface area contributed by atoms with Crippen LogP contribution in [0.3, 0.4) is 0 Å². The smallest absolute Gasteiger partial charge is 0.317 e. The van der Waals surface area contributed by atoms with Crippen LogP contribution in [0.15, 0.2) is 4.52 Å². The van der Waals surface area contributed by atoms with Gasteiger partial charge in [0.05, 0.1) is 5.69 Å². The van der Waals surface area contributed by atoms with E-state index in [4.69, 9.17) is 4.52 Å². The number of rotatable bonds is 4. The number of nitrogens with one attached hydrogen (secondary N) is 1. The minimum atomic E-state index is 0.130. The van der Waals surface area contributed by atoms with Gasteiger partial charge in [-0.1, -0.05) is 24.9 Å². The van der Waals surface area contributed by atoms with Crippen LogP contribution < -0.4 is 5.32 Å². The zero-order chi connectivity index (χ0) is 16.4. The van der Waals surface area contributed by atoms with Crippen LogP contribution in [0, 0.1) is 25.7 Å². The molecular weight excluding hydrogens is 290 g/mol. The topological polar surface area (TPSA) is 58.4 Å². The Hall–Kier alpha value is -1.52. The molecule has 1 aromatic heterocycles. The highest BCUT2D eigenvalue weighted by Gasteiger charge is 2.42. The number of carbonyl (C=O) groups is 1. The Balaban J connectivity index is 1.46. The molecule has 1 N–H and O–H groups in total. The zero-order valence-corrected chi connectivity index (χ0v) is 14.6. The van der Waals surface area contributed by atoms with Crippen molar-refractivity contribution in [2.75, 3.05) is 13.1 Å². The maximum atomic E-state index is 12.5. The van der Waals surface area contributed by atoms with Gasteiger partial charge in [-0.2, -0.15) is 0 Å². The summed E-state index contributed by atoms with van der Waals surface area (Å²) in [5.41, 5.74) is 2.15. The maximum absolute atomic E-state index is 12.5. The molecule has 0 radical (unpaired) electrons. The standard InChI is InChI=1S/C18H29N3O2/c1-12-11-21(17-9-5-4-7-15(12)17)18(22)19-10-6-8-16-13(2)20-23-14(16)3/h12,15,17H,4-11H2,1-3H3,(H,19,22)/t12-,15+,17-/m0/s1. The number of likely N-dealkylation sites (tertiary alicyclic amines) is 1. The van der Waals surface area contributed by atoms with Crippen molar-refractivity contribution in [2.24, 2.45) is 11.8 Å². The van der Waals surface area contributed by atoms with Gasteiger partial charge in [0.2, 0.25) is 0 Å². The van der Waals surface area contributed by atoms with Gasteiger partial charge in [-0.05, 0) is 51.4 Å². The molecule has 2 aliphatic rings. The van der Waals surface area contributed by atoms with Gasteiger partial charge < -0.3 is 14.7 Å². The van der Waals surface area contributed by atoms with Crippen LogP contribution in [0.5, 0.6) is 0 Å². The van der Waals surface area contributed by atoms with Gasteiger partial charge in [0.1, 0.15) is 5.76 Å². The Labute approximate surface area is 138 Å². The van der Waals surface area contributed by atoms with E-state index in [2.05, 4.69) is 22.3 Å². The van der Waals surface area contributed by atoms with Crippen LogP contribution in [-0.2, 0) is 6.42 Å². The number of nitrogens with zero attached hydrogens (tertiary/aromatic N) is 2. The predicted molar refractivity (Wildman–Crippen MR) is 89.3 cm³/mol. The van der Waals surface area contributed by atoms with Crippen LogP contribution in [0.4, 0.5) is 4.79 Å². The average Bonchev–Trinajstić information content (AvgIpc) is 3.05. The highest BCUT2D eigenvalue weighted by atomic mass is 16.5. The lowest BCUT2D eigenvalue weighted by molar-refractivity contribution is 0.169. The van der Waals surface area contributed by atoms with Gasteiger partial charge in [-0.15, -0.1) is 0 Å². The van der Waals surface area contributed by atoms with Crippen molar-refractivity contribution < 1.29 is 9.32 Å². The number of amides is 2. The van der Waals surface area contributed by atoms with Gasteiger partial charge in [-0.3, -0.25) is 0 Å². The molecule has 128 valence electrons. The second kappa shape index (κ2) is 6.93. The molecule has 2 fully saturated rings. The first-order valence-corrected chi connectivity index (χ1v) is 9.04. The first-order chi connectivity index (χ1) is 11.1. The third kappa shape index (κ3) is 3.38. The normalized spacial score (nSPS) is 27.1. The number of fused-ring (bicyclic) bond motifs is 1. The van der Waals surface area contributed by atoms with E-state index in [9.17, 15) is 4.79 Å². The largest absolute Gasteiger partial charge is 0.361 e. The molecule has 0 spiro atoms. The second-order valence-corrected chi connectivity index (χ2v) is 7.28. The van der Waals surface area contributed by atoms with Crippen molar-refractivity contribution in [3.8, 4) is 0 Å². The Morgan fingerprint density at radius 1 is 1.35 bits per heavy atom. The monoisotopic (exact) mass is 319 g/mol. The third-order valence-corrected chi connectivity index (χ3v) is 5.72. The summed E-state index contributed by atoms with van der Waals surface area (Å²) in [6, 6.07) is 0.603. The quantitative estimate of drug-likeness (QED) is 0.865. The molecule has 1 aromatic rings. The molecule has 1 saturated heterocycles. The minimum Gasteiger partial charge on any atom is -0.361 e. The van der Waals surface area contributed by atoms with Crippen LogP contribution in [0.1, 0.15) is 56.0 Å². The number of aryl methyl sites for hydroxylation is 2. The molecule has 3 rings (SSSR count). The molecular formula is C18H29N3O2. The molecule has 2 heterocycles. The molecule has 0 aromatic carbocycles. The Bertz CT molecular complexity index is 535. The molecule has 1 aliphatic carbocycles. The molecule has 1 aliphatic heterocycles. The molecule has 0 unspecified atom stereocenters. The van der Waals surface area contributed by atoms with Crippen molar-refractivity contribution in [1.29, 1.82) is 0 Å². The van der Waals surface area contributed by atoms with Crippen LogP contribution in [0.25, 0.3) is 0 Å². The number of hydrogen-bond donors (Lipinski definition) is 1. The van der Waals surface area contributed by atoms with Gasteiger partial charge >= 0.3 is 6.03 Å². The van der Waals surface area contributed by atoms with E-state index in [0.29, 0.717) is 18.5 Å². The average molecular weight is 319 g/mol. The molecule has 3 atom stereocenters. The maximum Gasteiger partial charge on any atom is 0.317 e. The van der Waals surface area contributed by atoms with E-state index in [1.165, 1.54) is 31.2 Å². The van der Waals surface area contributed by atoms with Crippen LogP contribution in [0.2, 0.25) is 0 Å². The Morgan fingerprint density at radius 2 is 2.13 bits per heavy atom. The summed E-state index contributed by atoms with van der Waals surface area (Å²) in [6.07, 6.45) is 6.90. The van der Waals surface area contributed by atoms with E-state index in [0.717, 1.165) is 36.8 Å². The molecule has 5 nitrogen and oxygen atoms in total. The number of urea groups is 1. The summed E-state index contributed by atoms with van der Waals surface area (Å²) in [5.74, 6) is 2.26. The second-order valence-electron chi connectivity index (χ2n) is 7.28. The van der Waals surface area contributed by atoms with Crippen molar-refractivity contribution in [1.82, 2.24) is 15.4 Å². The lowest BCUT2D eigenvalue weighted by atomic mass is 9.80. The number of carbonyl (C=O) groups excluding carboxylic acids is 1. The first-order valence-electron chi connectivity index (χ1n) is 9.04. The molecule has 0 bridgehead atoms. The summed E-state index contributed by atoms with van der Waals surface area (Å²) < 4.78 is 5.18. The van der Waals surface area contributed by atoms with E-state index in [-0.39, 0.29) is 6.03 Å². The predicted octanol–water partition coefficient (Wildman–Crippen LogP) is 3.44. The summed E-state index contributed by atoms with van der Waals surface area (Å²) in [4.78, 5) is 14.6. The van der Waals surface area contributed by atoms with Crippen molar-refractivity contribution >= 4 is 6.03 Å². The lowest BCUT2D eigenvalue weighted by Gasteiger charge is -2.32. The van der Waals surface area contributed by atoms with Crippen molar-refractivity contribution in [3.05, 3.63) is 17.0 Å². The first kappa shape index (κ1) is 16.3. The fourth-order valence-corrected chi connectivity index (χ4v) is 4.43. The minimum absolute atomic E-state index is 0.130. The highest BCUT2D eigenvalue weighted by Crippen LogP contribution is 2.39. The molecule has 23 heavy (non-hydrogen) atoms. The lowest BCUT2D eigenvalue weighted by Crippen LogP contribution is -2.45. The number of hydrogen-bond acceptors (Lipinski definition) is 3. The third-order valence-electron chi connectivity index (χ3n) is 5.72. The summed E-state index contributed by atoms with van der Waals surface area (Å²) in [5, 5.41) is 7.09. The van der Waals surface area contributed by atoms with Gasteiger partial charge in [0.15, 0.2) is 0 Å². The highest BCUT2D eigenvalue weighted by molar-refractivity contribution is 5.75. The molecule has 5 heteroatoms. The van der Waals surface area contributed by atoms with Crippen LogP contribution in [-0.4, -0.2) is 35.2 Å². The van der Waals surface area contributed by atoms with Crippen molar-refractivity contribution in [3.63, 3.8) is 0 Å². The zero-order valence-electron chi connectivity index (χ0n) is 14.6.